The number of rotatable bonds is 8. The van der Waals surface area contributed by atoms with Crippen LogP contribution in [0.4, 0.5) is 0 Å². The summed E-state index contributed by atoms with van der Waals surface area (Å²) >= 11 is 0. The molecule has 2 N–H and O–H groups in total. The summed E-state index contributed by atoms with van der Waals surface area (Å²) in [5.41, 5.74) is 1.76. The largest absolute Gasteiger partial charge is 0.472 e. The average molecular weight is 590 g/mol. The summed E-state index contributed by atoms with van der Waals surface area (Å²) in [4.78, 5) is 25.2. The first-order valence-corrected chi connectivity index (χ1v) is 16.6. The monoisotopic (exact) mass is 589 g/mol. The Kier molecular flexibility index (Phi) is 10.2. The third-order valence-corrected chi connectivity index (χ3v) is 10.0. The van der Waals surface area contributed by atoms with Crippen molar-refractivity contribution in [2.24, 2.45) is 0 Å². The summed E-state index contributed by atoms with van der Waals surface area (Å²) < 4.78 is 52.1. The Bertz CT molecular complexity index is 1350. The smallest absolute Gasteiger partial charge is 0.341 e. The molecule has 40 heavy (non-hydrogen) atoms. The topological polar surface area (TPSA) is 146 Å². The number of hydrogen-bond donors (Lipinski definition) is 2. The number of nitrogens with one attached hydrogen (secondary N) is 1. The number of nitriles is 1. The van der Waals surface area contributed by atoms with Crippen molar-refractivity contribution in [2.75, 3.05) is 13.7 Å². The fourth-order valence-corrected chi connectivity index (χ4v) is 7.38. The molecule has 10 nitrogen and oxygen atoms in total. The van der Waals surface area contributed by atoms with Gasteiger partial charge in [-0.25, -0.2) is 13.0 Å². The van der Waals surface area contributed by atoms with Crippen molar-refractivity contribution in [1.82, 2.24) is 9.62 Å². The van der Waals surface area contributed by atoms with Crippen LogP contribution in [-0.4, -0.2) is 49.9 Å². The van der Waals surface area contributed by atoms with Crippen LogP contribution in [-0.2, 0) is 34.9 Å². The van der Waals surface area contributed by atoms with Crippen LogP contribution in [0.1, 0.15) is 74.2 Å². The van der Waals surface area contributed by atoms with Crippen LogP contribution in [0.3, 0.4) is 0 Å². The average Bonchev–Trinajstić information content (AvgIpc) is 3.50. The summed E-state index contributed by atoms with van der Waals surface area (Å²) in [7, 11) is -6.62. The number of sulfonamides is 1. The maximum absolute atomic E-state index is 13.5. The Morgan fingerprint density at radius 2 is 1.73 bits per heavy atom. The van der Waals surface area contributed by atoms with Crippen LogP contribution in [0.2, 0.25) is 0 Å². The van der Waals surface area contributed by atoms with E-state index in [1.165, 1.54) is 12.1 Å². The lowest BCUT2D eigenvalue weighted by molar-refractivity contribution is -0.133. The zero-order valence-corrected chi connectivity index (χ0v) is 24.3. The van der Waals surface area contributed by atoms with Gasteiger partial charge < -0.3 is 9.79 Å². The highest BCUT2D eigenvalue weighted by Gasteiger charge is 2.33. The first-order valence-electron chi connectivity index (χ1n) is 13.6. The Labute approximate surface area is 236 Å². The number of nitrogens with zero attached hydrogens (tertiary/aromatic N) is 2. The van der Waals surface area contributed by atoms with Crippen molar-refractivity contribution < 1.29 is 31.7 Å². The molecule has 4 rings (SSSR count). The molecule has 2 aromatic rings. The minimum Gasteiger partial charge on any atom is -0.341 e. The fourth-order valence-electron chi connectivity index (χ4n) is 5.22. The Balaban J connectivity index is 1.54. The van der Waals surface area contributed by atoms with Crippen LogP contribution in [0.15, 0.2) is 53.4 Å². The van der Waals surface area contributed by atoms with Gasteiger partial charge >= 0.3 is 7.82 Å². The first kappa shape index (κ1) is 30.4. The van der Waals surface area contributed by atoms with Gasteiger partial charge in [0, 0.05) is 13.1 Å². The second-order valence-electron chi connectivity index (χ2n) is 10.4. The quantitative estimate of drug-likeness (QED) is 0.425. The van der Waals surface area contributed by atoms with Crippen LogP contribution in [0, 0.1) is 11.3 Å². The van der Waals surface area contributed by atoms with Crippen LogP contribution in [0.5, 0.6) is 0 Å². The van der Waals surface area contributed by atoms with Gasteiger partial charge in [-0.05, 0) is 67.5 Å². The number of benzene rings is 2. The van der Waals surface area contributed by atoms with Gasteiger partial charge in [0.05, 0.1) is 29.2 Å². The zero-order valence-electron chi connectivity index (χ0n) is 22.6. The molecule has 1 aliphatic carbocycles. The molecule has 12 heteroatoms. The van der Waals surface area contributed by atoms with Crippen LogP contribution >= 0.6 is 7.82 Å². The summed E-state index contributed by atoms with van der Waals surface area (Å²) in [6.45, 7) is 0.141. The van der Waals surface area contributed by atoms with E-state index in [1.54, 1.807) is 48.3 Å². The third kappa shape index (κ3) is 8.00. The van der Waals surface area contributed by atoms with Gasteiger partial charge in [0.15, 0.2) is 0 Å². The van der Waals surface area contributed by atoms with E-state index in [4.69, 9.17) is 14.3 Å². The van der Waals surface area contributed by atoms with Gasteiger partial charge in [-0.15, -0.1) is 0 Å². The number of phosphoric acid groups is 1. The summed E-state index contributed by atoms with van der Waals surface area (Å²) in [5.74, 6) is -0.311. The van der Waals surface area contributed by atoms with E-state index in [0.717, 1.165) is 44.1 Å². The molecule has 0 radical (unpaired) electrons. The molecule has 2 fully saturated rings. The summed E-state index contributed by atoms with van der Waals surface area (Å²) in [5, 5.41) is 9.10. The molecule has 3 atom stereocenters. The molecule has 0 aromatic heterocycles. The van der Waals surface area contributed by atoms with Crippen molar-refractivity contribution in [3.8, 4) is 6.07 Å². The maximum atomic E-state index is 13.5. The van der Waals surface area contributed by atoms with Crippen LogP contribution < -0.4 is 4.72 Å². The molecule has 1 saturated carbocycles. The number of likely N-dealkylation sites (N-methyl/N-ethyl adjacent to an activating group) is 1. The Morgan fingerprint density at radius 1 is 1.07 bits per heavy atom. The van der Waals surface area contributed by atoms with E-state index in [1.807, 2.05) is 0 Å². The minimum atomic E-state index is -4.23. The van der Waals surface area contributed by atoms with Gasteiger partial charge in [0.25, 0.3) is 0 Å². The Hall–Kier alpha value is -2.58. The molecule has 2 unspecified atom stereocenters. The molecule has 1 amide bonds. The first-order chi connectivity index (χ1) is 19.1. The van der Waals surface area contributed by atoms with Gasteiger partial charge in [-0.3, -0.25) is 13.8 Å². The molecule has 0 spiro atoms. The highest BCUT2D eigenvalue weighted by molar-refractivity contribution is 7.89. The van der Waals surface area contributed by atoms with Crippen molar-refractivity contribution in [3.05, 3.63) is 65.2 Å². The predicted molar refractivity (Wildman–Crippen MR) is 149 cm³/mol. The molecule has 1 saturated heterocycles. The molecule has 0 bridgehead atoms. The normalized spacial score (nSPS) is 23.4. The second-order valence-corrected chi connectivity index (χ2v) is 13.5. The lowest BCUT2D eigenvalue weighted by Crippen LogP contribution is -2.50. The maximum Gasteiger partial charge on any atom is 0.472 e. The molecule has 1 aliphatic heterocycles. The summed E-state index contributed by atoms with van der Waals surface area (Å²) in [6.07, 6.45) is 5.97. The molecule has 1 heterocycles. The highest BCUT2D eigenvalue weighted by atomic mass is 32.2. The van der Waals surface area contributed by atoms with E-state index in [9.17, 15) is 22.7 Å². The molecular formula is C28H36N3O7PS. The van der Waals surface area contributed by atoms with Crippen LogP contribution in [0.25, 0.3) is 0 Å². The molecular weight excluding hydrogens is 553 g/mol. The number of phosphoric ester groups is 1. The van der Waals surface area contributed by atoms with E-state index in [0.29, 0.717) is 24.0 Å². The van der Waals surface area contributed by atoms with Crippen molar-refractivity contribution in [3.63, 3.8) is 0 Å². The SMILES string of the molecule is CN(C(=O)C(Cc1ccc(C#N)cc1)NS(=O)(=O)c1ccc([C@@H]2CCCCCOP(=O)(O)O2)cc1)C1CCCC1. The van der Waals surface area contributed by atoms with Gasteiger partial charge in [-0.1, -0.05) is 49.9 Å². The van der Waals surface area contributed by atoms with Crippen molar-refractivity contribution >= 4 is 23.8 Å². The number of carbonyl (C=O) groups excluding carboxylic acids is 1. The Morgan fingerprint density at radius 3 is 2.38 bits per heavy atom. The standard InChI is InChI=1S/C28H36N3O7PS/c1-31(24-7-4-5-8-24)28(32)26(19-21-10-12-22(20-29)13-11-21)30-40(35,36)25-16-14-23(15-17-25)27-9-3-2-6-18-37-39(33,34)38-27/h10-17,24,26-27,30H,2-9,18-19H2,1H3,(H,33,34)/t26?,27-/m0/s1. The van der Waals surface area contributed by atoms with Gasteiger partial charge in [0.1, 0.15) is 6.04 Å². The number of hydrogen-bond acceptors (Lipinski definition) is 7. The van der Waals surface area contributed by atoms with E-state index in [-0.39, 0.29) is 29.9 Å². The van der Waals surface area contributed by atoms with Gasteiger partial charge in [0.2, 0.25) is 15.9 Å². The second kappa shape index (κ2) is 13.4. The molecule has 2 aromatic carbocycles. The third-order valence-electron chi connectivity index (χ3n) is 7.53. The zero-order chi connectivity index (χ0) is 28.8. The van der Waals surface area contributed by atoms with E-state index < -0.39 is 30.0 Å². The predicted octanol–water partition coefficient (Wildman–Crippen LogP) is 4.60. The van der Waals surface area contributed by atoms with Crippen molar-refractivity contribution in [2.45, 2.75) is 80.9 Å². The number of carbonyl (C=O) groups is 1. The van der Waals surface area contributed by atoms with E-state index >= 15 is 0 Å². The number of amides is 1. The van der Waals surface area contributed by atoms with Crippen molar-refractivity contribution in [1.29, 1.82) is 5.26 Å². The summed E-state index contributed by atoms with van der Waals surface area (Å²) in [6, 6.07) is 13.7. The fraction of sp³-hybridized carbons (Fsp3) is 0.500. The minimum absolute atomic E-state index is 0.0381. The highest BCUT2D eigenvalue weighted by Crippen LogP contribution is 2.50. The van der Waals surface area contributed by atoms with Gasteiger partial charge in [-0.2, -0.15) is 9.98 Å². The van der Waals surface area contributed by atoms with E-state index in [2.05, 4.69) is 10.8 Å². The lowest BCUT2D eigenvalue weighted by atomic mass is 10.0. The molecule has 216 valence electrons. The lowest BCUT2D eigenvalue weighted by Gasteiger charge is -2.29. The molecule has 2 aliphatic rings.